The van der Waals surface area contributed by atoms with Crippen molar-refractivity contribution < 1.29 is 64.0 Å². The lowest BCUT2D eigenvalue weighted by molar-refractivity contribution is -0.303. The Hall–Kier alpha value is -2.07. The van der Waals surface area contributed by atoms with Gasteiger partial charge in [0.2, 0.25) is 0 Å². The van der Waals surface area contributed by atoms with Gasteiger partial charge in [0, 0.05) is 37.2 Å². The van der Waals surface area contributed by atoms with Crippen LogP contribution in [0.5, 0.6) is 0 Å². The van der Waals surface area contributed by atoms with Gasteiger partial charge >= 0.3 is 5.97 Å². The second-order valence-corrected chi connectivity index (χ2v) is 13.2. The predicted molar refractivity (Wildman–Crippen MR) is 158 cm³/mol. The maximum atomic E-state index is 14.0. The molecule has 2 saturated heterocycles. The summed E-state index contributed by atoms with van der Waals surface area (Å²) in [5.41, 5.74) is -3.65. The van der Waals surface area contributed by atoms with Crippen molar-refractivity contribution >= 4 is 17.5 Å². The number of Topliss-reactive ketones (excluding diaryl/α,β-unsaturated/α-hetero) is 2. The van der Waals surface area contributed by atoms with Crippen molar-refractivity contribution in [3.63, 3.8) is 0 Å². The molecule has 13 heteroatoms. The molecule has 256 valence electrons. The summed E-state index contributed by atoms with van der Waals surface area (Å²) < 4.78 is 22.0. The first kappa shape index (κ1) is 37.4. The lowest BCUT2D eigenvalue weighted by Crippen LogP contribution is -2.66. The molecule has 0 aromatic carbocycles. The molecule has 45 heavy (non-hydrogen) atoms. The highest BCUT2D eigenvalue weighted by molar-refractivity contribution is 5.91. The van der Waals surface area contributed by atoms with Crippen LogP contribution in [0.15, 0.2) is 23.8 Å². The first-order chi connectivity index (χ1) is 20.8. The van der Waals surface area contributed by atoms with Gasteiger partial charge in [-0.2, -0.15) is 0 Å². The Balaban J connectivity index is 2.07. The summed E-state index contributed by atoms with van der Waals surface area (Å²) in [5.74, 6) is -9.85. The summed E-state index contributed by atoms with van der Waals surface area (Å²) in [5, 5.41) is 67.3. The van der Waals surface area contributed by atoms with Gasteiger partial charge in [-0.15, -0.1) is 0 Å². The summed E-state index contributed by atoms with van der Waals surface area (Å²) in [6.45, 7) is 9.49. The Bertz CT molecular complexity index is 1170. The fourth-order valence-corrected chi connectivity index (χ4v) is 6.68. The van der Waals surface area contributed by atoms with Crippen molar-refractivity contribution in [2.45, 2.75) is 108 Å². The van der Waals surface area contributed by atoms with Crippen molar-refractivity contribution in [3.8, 4) is 0 Å². The van der Waals surface area contributed by atoms with E-state index in [9.17, 15) is 45.0 Å². The first-order valence-corrected chi connectivity index (χ1v) is 15.4. The number of allylic oxidation sites excluding steroid dienone is 1. The Labute approximate surface area is 263 Å². The van der Waals surface area contributed by atoms with Gasteiger partial charge in [0.05, 0.1) is 36.9 Å². The maximum Gasteiger partial charge on any atom is 0.337 e. The van der Waals surface area contributed by atoms with E-state index in [1.807, 2.05) is 19.9 Å². The molecule has 14 atom stereocenters. The average Bonchev–Trinajstić information content (AvgIpc) is 3.70. The third-order valence-electron chi connectivity index (χ3n) is 9.96. The van der Waals surface area contributed by atoms with Gasteiger partial charge in [-0.1, -0.05) is 45.9 Å². The van der Waals surface area contributed by atoms with Gasteiger partial charge in [0.1, 0.15) is 24.1 Å². The smallest absolute Gasteiger partial charge is 0.337 e. The summed E-state index contributed by atoms with van der Waals surface area (Å²) in [7, 11) is 1.19. The molecule has 2 fully saturated rings. The van der Waals surface area contributed by atoms with E-state index < -0.39 is 114 Å². The molecule has 4 rings (SSSR count). The SMILES string of the molecule is C/C=C\[C@H](C)[C@H]1O[C@]1(C)[C@H](O)[C@H]1COC(=O)[C@H](O)[C@@H](OC)[C@H](C)C(=O)[C@H](C)[C@@H](O)/C(C)=C\[C@H](C)C2(O)C[C@H](O)[C@@](O)(CO2)C1=O. The number of hydrogen-bond donors (Lipinski definition) is 6. The summed E-state index contributed by atoms with van der Waals surface area (Å²) >= 11 is 0. The van der Waals surface area contributed by atoms with Crippen molar-refractivity contribution in [1.82, 2.24) is 0 Å². The lowest BCUT2D eigenvalue weighted by atomic mass is 9.74. The normalized spacial score (nSPS) is 46.6. The monoisotopic (exact) mass is 642 g/mol. The summed E-state index contributed by atoms with van der Waals surface area (Å²) in [4.78, 5) is 40.4. The molecule has 4 heterocycles. The minimum Gasteiger partial charge on any atom is -0.463 e. The van der Waals surface area contributed by atoms with E-state index in [0.717, 1.165) is 0 Å². The minimum atomic E-state index is -2.63. The fourth-order valence-electron chi connectivity index (χ4n) is 6.68. The molecule has 0 spiro atoms. The number of fused-ring (bicyclic) bond motifs is 14. The number of epoxide rings is 1. The second-order valence-electron chi connectivity index (χ2n) is 13.2. The molecule has 0 aromatic heterocycles. The molecule has 6 N–H and O–H groups in total. The molecule has 1 unspecified atom stereocenters. The van der Waals surface area contributed by atoms with E-state index in [2.05, 4.69) is 0 Å². The zero-order valence-electron chi connectivity index (χ0n) is 27.2. The van der Waals surface area contributed by atoms with Crippen LogP contribution in [0.4, 0.5) is 0 Å². The van der Waals surface area contributed by atoms with Gasteiger partial charge in [-0.3, -0.25) is 9.59 Å². The maximum absolute atomic E-state index is 14.0. The average molecular weight is 643 g/mol. The van der Waals surface area contributed by atoms with E-state index in [1.165, 1.54) is 34.0 Å². The first-order valence-electron chi connectivity index (χ1n) is 15.4. The van der Waals surface area contributed by atoms with Gasteiger partial charge in [-0.25, -0.2) is 4.79 Å². The van der Waals surface area contributed by atoms with Crippen LogP contribution >= 0.6 is 0 Å². The topological polar surface area (TPSA) is 213 Å². The third kappa shape index (κ3) is 7.12. The largest absolute Gasteiger partial charge is 0.463 e. The fraction of sp³-hybridized carbons (Fsp3) is 0.781. The van der Waals surface area contributed by atoms with Gasteiger partial charge in [0.25, 0.3) is 0 Å². The van der Waals surface area contributed by atoms with Crippen LogP contribution in [0.1, 0.15) is 54.9 Å². The van der Waals surface area contributed by atoms with Crippen LogP contribution in [0.2, 0.25) is 0 Å². The number of carbonyl (C=O) groups excluding carboxylic acids is 3. The van der Waals surface area contributed by atoms with Gasteiger partial charge < -0.3 is 49.6 Å². The summed E-state index contributed by atoms with van der Waals surface area (Å²) in [6, 6.07) is 0. The molecular formula is C32H50O13. The molecular weight excluding hydrogens is 592 g/mol. The molecule has 13 nitrogen and oxygen atoms in total. The van der Waals surface area contributed by atoms with Crippen molar-refractivity contribution in [2.24, 2.45) is 29.6 Å². The molecule has 4 aliphatic rings. The van der Waals surface area contributed by atoms with E-state index in [0.29, 0.717) is 0 Å². The zero-order chi connectivity index (χ0) is 34.2. The Morgan fingerprint density at radius 3 is 2.24 bits per heavy atom. The number of rotatable bonds is 5. The minimum absolute atomic E-state index is 0.171. The molecule has 0 saturated carbocycles. The molecule has 0 aromatic rings. The number of hydrogen-bond acceptors (Lipinski definition) is 13. The van der Waals surface area contributed by atoms with Crippen molar-refractivity contribution in [1.29, 1.82) is 0 Å². The van der Waals surface area contributed by atoms with Crippen LogP contribution in [0, 0.1) is 29.6 Å². The number of carbonyl (C=O) groups is 3. The Morgan fingerprint density at radius 1 is 1.07 bits per heavy atom. The number of esters is 1. The van der Waals surface area contributed by atoms with Gasteiger partial charge in [0.15, 0.2) is 23.3 Å². The van der Waals surface area contributed by atoms with Crippen LogP contribution < -0.4 is 0 Å². The number of aliphatic hydroxyl groups is 6. The number of ether oxygens (including phenoxy) is 4. The Morgan fingerprint density at radius 2 is 1.69 bits per heavy atom. The third-order valence-corrected chi connectivity index (χ3v) is 9.96. The number of methoxy groups -OCH3 is 1. The van der Waals surface area contributed by atoms with E-state index in [1.54, 1.807) is 19.9 Å². The highest BCUT2D eigenvalue weighted by Crippen LogP contribution is 2.47. The Kier molecular flexibility index (Phi) is 11.6. The summed E-state index contributed by atoms with van der Waals surface area (Å²) in [6.07, 6.45) is -4.31. The van der Waals surface area contributed by atoms with Crippen LogP contribution in [-0.2, 0) is 33.3 Å². The van der Waals surface area contributed by atoms with E-state index in [-0.39, 0.29) is 11.5 Å². The quantitative estimate of drug-likeness (QED) is 0.131. The highest BCUT2D eigenvalue weighted by atomic mass is 16.6. The standard InChI is InChI=1S/C32H50O13/c1-9-10-15(2)28-30(7,45-28)26(37)20-13-43-29(39)24(36)25(42-8)19(6)23(35)18(5)22(34)16(3)11-17(4)32(41)12-21(33)31(40,14-44-32)27(20)38/h9-11,15,17-22,24-26,28,33-34,36-37,40-41H,12-14H2,1-8H3/b10-9-,16-11-/t15-,17-,18+,19+,20+,21-,22-,24+,25-,26+,28+,30+,31-,32?/m0/s1. The molecule has 2 bridgehead atoms. The second kappa shape index (κ2) is 14.0. The number of aliphatic hydroxyl groups excluding tert-OH is 4. The van der Waals surface area contributed by atoms with Crippen LogP contribution in [0.25, 0.3) is 0 Å². The molecule has 0 aliphatic carbocycles. The van der Waals surface area contributed by atoms with Crippen LogP contribution in [-0.4, -0.2) is 122 Å². The number of ketones is 2. The van der Waals surface area contributed by atoms with Gasteiger partial charge in [-0.05, 0) is 26.3 Å². The lowest BCUT2D eigenvalue weighted by Gasteiger charge is -2.46. The van der Waals surface area contributed by atoms with E-state index >= 15 is 0 Å². The zero-order valence-corrected chi connectivity index (χ0v) is 27.2. The van der Waals surface area contributed by atoms with E-state index in [4.69, 9.17) is 18.9 Å². The van der Waals surface area contributed by atoms with Crippen molar-refractivity contribution in [2.75, 3.05) is 20.3 Å². The van der Waals surface area contributed by atoms with Crippen LogP contribution in [0.3, 0.4) is 0 Å². The highest BCUT2D eigenvalue weighted by Gasteiger charge is 2.64. The molecule has 0 radical (unpaired) electrons. The van der Waals surface area contributed by atoms with Crippen molar-refractivity contribution in [3.05, 3.63) is 23.8 Å². The molecule has 4 aliphatic heterocycles. The predicted octanol–water partition coefficient (Wildman–Crippen LogP) is -0.179. The molecule has 0 amide bonds.